The number of hydrogen-bond acceptors (Lipinski definition) is 3. The van der Waals surface area contributed by atoms with E-state index in [2.05, 4.69) is 12.2 Å². The van der Waals surface area contributed by atoms with Crippen LogP contribution in [-0.4, -0.2) is 32.0 Å². The SMILES string of the molecule is C[C@@H](NC1CCCC1S(C)(=O)=O)C1CCCCC1. The second kappa shape index (κ2) is 5.91. The molecule has 106 valence electrons. The zero-order valence-corrected chi connectivity index (χ0v) is 12.5. The minimum absolute atomic E-state index is 0.149. The highest BCUT2D eigenvalue weighted by molar-refractivity contribution is 7.91. The van der Waals surface area contributed by atoms with Crippen LogP contribution >= 0.6 is 0 Å². The van der Waals surface area contributed by atoms with Crippen LogP contribution in [0.3, 0.4) is 0 Å². The number of nitrogens with one attached hydrogen (secondary N) is 1. The Hall–Kier alpha value is -0.0900. The summed E-state index contributed by atoms with van der Waals surface area (Å²) in [5.74, 6) is 0.750. The fourth-order valence-corrected chi connectivity index (χ4v) is 5.14. The van der Waals surface area contributed by atoms with Crippen molar-refractivity contribution in [3.8, 4) is 0 Å². The fourth-order valence-electron chi connectivity index (χ4n) is 3.74. The molecule has 0 spiro atoms. The lowest BCUT2D eigenvalue weighted by Crippen LogP contribution is -2.47. The van der Waals surface area contributed by atoms with E-state index in [0.29, 0.717) is 6.04 Å². The van der Waals surface area contributed by atoms with Crippen LogP contribution < -0.4 is 5.32 Å². The Labute approximate surface area is 112 Å². The lowest BCUT2D eigenvalue weighted by Gasteiger charge is -2.32. The van der Waals surface area contributed by atoms with Gasteiger partial charge in [0.25, 0.3) is 0 Å². The molecule has 0 aromatic carbocycles. The van der Waals surface area contributed by atoms with Gasteiger partial charge in [0.1, 0.15) is 0 Å². The minimum atomic E-state index is -2.89. The molecule has 0 heterocycles. The van der Waals surface area contributed by atoms with Gasteiger partial charge >= 0.3 is 0 Å². The first-order valence-corrected chi connectivity index (χ1v) is 9.39. The van der Waals surface area contributed by atoms with Gasteiger partial charge in [-0.05, 0) is 38.5 Å². The third-order valence-corrected chi connectivity index (χ3v) is 6.50. The van der Waals surface area contributed by atoms with Gasteiger partial charge in [-0.15, -0.1) is 0 Å². The van der Waals surface area contributed by atoms with Crippen molar-refractivity contribution in [3.63, 3.8) is 0 Å². The third kappa shape index (κ3) is 3.47. The molecule has 2 aliphatic rings. The predicted octanol–water partition coefficient (Wildman–Crippen LogP) is 2.51. The van der Waals surface area contributed by atoms with Crippen LogP contribution in [-0.2, 0) is 9.84 Å². The maximum atomic E-state index is 11.8. The Kier molecular flexibility index (Phi) is 4.70. The van der Waals surface area contributed by atoms with Crippen LogP contribution in [0.5, 0.6) is 0 Å². The van der Waals surface area contributed by atoms with E-state index in [0.717, 1.165) is 25.2 Å². The Morgan fingerprint density at radius 2 is 1.67 bits per heavy atom. The van der Waals surface area contributed by atoms with Crippen molar-refractivity contribution in [2.75, 3.05) is 6.26 Å². The largest absolute Gasteiger partial charge is 0.310 e. The zero-order valence-electron chi connectivity index (χ0n) is 11.7. The molecule has 2 saturated carbocycles. The highest BCUT2D eigenvalue weighted by atomic mass is 32.2. The Balaban J connectivity index is 1.91. The van der Waals surface area contributed by atoms with Crippen molar-refractivity contribution < 1.29 is 8.42 Å². The monoisotopic (exact) mass is 273 g/mol. The summed E-state index contributed by atoms with van der Waals surface area (Å²) in [7, 11) is -2.89. The average molecular weight is 273 g/mol. The topological polar surface area (TPSA) is 46.2 Å². The number of sulfone groups is 1. The van der Waals surface area contributed by atoms with E-state index in [4.69, 9.17) is 0 Å². The molecule has 2 aliphatic carbocycles. The van der Waals surface area contributed by atoms with Crippen LogP contribution in [0.15, 0.2) is 0 Å². The highest BCUT2D eigenvalue weighted by Crippen LogP contribution is 2.29. The van der Waals surface area contributed by atoms with E-state index in [1.807, 2.05) is 0 Å². The van der Waals surface area contributed by atoms with Gasteiger partial charge in [0.05, 0.1) is 5.25 Å². The minimum Gasteiger partial charge on any atom is -0.310 e. The molecule has 2 fully saturated rings. The molecule has 4 heteroatoms. The molecule has 0 radical (unpaired) electrons. The molecule has 3 nitrogen and oxygen atoms in total. The molecule has 1 N–H and O–H groups in total. The standard InChI is InChI=1S/C14H27NO2S/c1-11(12-7-4-3-5-8-12)15-13-9-6-10-14(13)18(2,16)17/h11-15H,3-10H2,1-2H3/t11-,13?,14?/m1/s1. The van der Waals surface area contributed by atoms with Crippen LogP contribution in [0.2, 0.25) is 0 Å². The van der Waals surface area contributed by atoms with Crippen LogP contribution in [0.1, 0.15) is 58.3 Å². The van der Waals surface area contributed by atoms with Crippen molar-refractivity contribution in [2.45, 2.75) is 75.6 Å². The Morgan fingerprint density at radius 3 is 2.28 bits per heavy atom. The number of rotatable bonds is 4. The molecule has 3 atom stereocenters. The summed E-state index contributed by atoms with van der Waals surface area (Å²) in [6.45, 7) is 2.24. The van der Waals surface area contributed by atoms with Gasteiger partial charge in [0.15, 0.2) is 9.84 Å². The highest BCUT2D eigenvalue weighted by Gasteiger charge is 2.36. The first kappa shape index (κ1) is 14.3. The summed E-state index contributed by atoms with van der Waals surface area (Å²) in [5.41, 5.74) is 0. The predicted molar refractivity (Wildman–Crippen MR) is 75.4 cm³/mol. The Bertz CT molecular complexity index is 360. The van der Waals surface area contributed by atoms with Gasteiger partial charge in [-0.2, -0.15) is 0 Å². The molecular weight excluding hydrogens is 246 g/mol. The third-order valence-electron chi connectivity index (χ3n) is 4.84. The summed E-state index contributed by atoms with van der Waals surface area (Å²) in [6.07, 6.45) is 11.0. The molecule has 0 aliphatic heterocycles. The van der Waals surface area contributed by atoms with Gasteiger partial charge < -0.3 is 5.32 Å². The summed E-state index contributed by atoms with van der Waals surface area (Å²) in [6, 6.07) is 0.662. The van der Waals surface area contributed by atoms with E-state index in [1.54, 1.807) is 0 Å². The molecule has 2 rings (SSSR count). The molecule has 0 aromatic rings. The molecule has 18 heavy (non-hydrogen) atoms. The van der Waals surface area contributed by atoms with Crippen LogP contribution in [0.25, 0.3) is 0 Å². The maximum absolute atomic E-state index is 11.8. The first-order chi connectivity index (χ1) is 8.48. The fraction of sp³-hybridized carbons (Fsp3) is 1.00. The molecule has 0 aromatic heterocycles. The van der Waals surface area contributed by atoms with E-state index in [-0.39, 0.29) is 11.3 Å². The van der Waals surface area contributed by atoms with Crippen LogP contribution in [0, 0.1) is 5.92 Å². The lowest BCUT2D eigenvalue weighted by atomic mass is 9.84. The average Bonchev–Trinajstić information content (AvgIpc) is 2.78. The lowest BCUT2D eigenvalue weighted by molar-refractivity contribution is 0.264. The second-order valence-corrected chi connectivity index (χ2v) is 8.52. The normalized spacial score (nSPS) is 32.6. The van der Waals surface area contributed by atoms with Gasteiger partial charge in [0, 0.05) is 18.3 Å². The van der Waals surface area contributed by atoms with Gasteiger partial charge in [-0.25, -0.2) is 8.42 Å². The van der Waals surface area contributed by atoms with Crippen molar-refractivity contribution >= 4 is 9.84 Å². The quantitative estimate of drug-likeness (QED) is 0.856. The van der Waals surface area contributed by atoms with Crippen molar-refractivity contribution in [1.29, 1.82) is 0 Å². The second-order valence-electron chi connectivity index (χ2n) is 6.26. The van der Waals surface area contributed by atoms with Crippen molar-refractivity contribution in [1.82, 2.24) is 5.32 Å². The van der Waals surface area contributed by atoms with Gasteiger partial charge in [-0.3, -0.25) is 0 Å². The van der Waals surface area contributed by atoms with E-state index in [1.165, 1.54) is 38.4 Å². The smallest absolute Gasteiger partial charge is 0.151 e. The summed E-state index contributed by atoms with van der Waals surface area (Å²) in [4.78, 5) is 0. The Morgan fingerprint density at radius 1 is 1.00 bits per heavy atom. The molecular formula is C14H27NO2S. The zero-order chi connectivity index (χ0) is 13.2. The number of hydrogen-bond donors (Lipinski definition) is 1. The first-order valence-electron chi connectivity index (χ1n) is 7.43. The summed E-state index contributed by atoms with van der Waals surface area (Å²) >= 11 is 0. The van der Waals surface area contributed by atoms with E-state index < -0.39 is 9.84 Å². The summed E-state index contributed by atoms with van der Waals surface area (Å²) < 4.78 is 23.5. The van der Waals surface area contributed by atoms with Crippen molar-refractivity contribution in [2.24, 2.45) is 5.92 Å². The maximum Gasteiger partial charge on any atom is 0.151 e. The van der Waals surface area contributed by atoms with Gasteiger partial charge in [-0.1, -0.05) is 25.7 Å². The molecule has 0 amide bonds. The van der Waals surface area contributed by atoms with E-state index >= 15 is 0 Å². The van der Waals surface area contributed by atoms with E-state index in [9.17, 15) is 8.42 Å². The summed E-state index contributed by atoms with van der Waals surface area (Å²) in [5, 5.41) is 3.48. The van der Waals surface area contributed by atoms with Gasteiger partial charge in [0.2, 0.25) is 0 Å². The molecule has 0 bridgehead atoms. The van der Waals surface area contributed by atoms with Crippen molar-refractivity contribution in [3.05, 3.63) is 0 Å². The molecule has 0 saturated heterocycles. The molecule has 2 unspecified atom stereocenters. The van der Waals surface area contributed by atoms with Crippen LogP contribution in [0.4, 0.5) is 0 Å².